The van der Waals surface area contributed by atoms with Crippen LogP contribution in [0.25, 0.3) is 15.3 Å². The third-order valence-electron chi connectivity index (χ3n) is 5.87. The van der Waals surface area contributed by atoms with E-state index in [0.717, 1.165) is 46.7 Å². The number of hydrogen-bond acceptors (Lipinski definition) is 4. The number of carbonyl (C=O) groups excluding carboxylic acids is 1. The van der Waals surface area contributed by atoms with E-state index in [9.17, 15) is 4.79 Å². The minimum absolute atomic E-state index is 0.0811. The number of para-hydroxylation sites is 1. The van der Waals surface area contributed by atoms with Gasteiger partial charge in [0.1, 0.15) is 5.82 Å². The fraction of sp³-hybridized carbons (Fsp3) is 0.500. The zero-order chi connectivity index (χ0) is 19.9. The molecule has 0 saturated heterocycles. The Morgan fingerprint density at radius 2 is 1.89 bits per heavy atom. The zero-order valence-corrected chi connectivity index (χ0v) is 17.8. The Kier molecular flexibility index (Phi) is 5.00. The summed E-state index contributed by atoms with van der Waals surface area (Å²) in [6, 6.07) is 9.97. The predicted molar refractivity (Wildman–Crippen MR) is 115 cm³/mol. The van der Waals surface area contributed by atoms with Gasteiger partial charge in [-0.15, -0.1) is 0 Å². The van der Waals surface area contributed by atoms with Crippen LogP contribution < -0.4 is 5.32 Å². The van der Waals surface area contributed by atoms with Crippen molar-refractivity contribution in [3.05, 3.63) is 36.0 Å². The Balaban J connectivity index is 1.51. The number of carbonyl (C=O) groups is 1. The van der Waals surface area contributed by atoms with Crippen molar-refractivity contribution in [1.82, 2.24) is 14.8 Å². The van der Waals surface area contributed by atoms with E-state index >= 15 is 0 Å². The Bertz CT molecular complexity index is 957. The van der Waals surface area contributed by atoms with Crippen molar-refractivity contribution in [2.24, 2.45) is 17.3 Å². The summed E-state index contributed by atoms with van der Waals surface area (Å²) in [6.45, 7) is 8.85. The van der Waals surface area contributed by atoms with Gasteiger partial charge in [-0.25, -0.2) is 4.98 Å². The van der Waals surface area contributed by atoms with Gasteiger partial charge in [0.15, 0.2) is 0 Å². The van der Waals surface area contributed by atoms with Crippen LogP contribution in [0.3, 0.4) is 0 Å². The molecule has 1 saturated carbocycles. The first-order chi connectivity index (χ1) is 13.3. The van der Waals surface area contributed by atoms with Crippen LogP contribution in [-0.2, 0) is 4.79 Å². The van der Waals surface area contributed by atoms with Gasteiger partial charge in [-0.2, -0.15) is 9.78 Å². The standard InChI is InChI=1S/C22H28N4OS/c1-14-13-19(24-20(27)15-9-11-16(12-10-15)22(2,3)4)26(25-14)21-23-17-7-5-6-8-18(17)28-21/h5-8,13,15-16H,9-12H2,1-4H3,(H,24,27). The fourth-order valence-electron chi connectivity index (χ4n) is 4.13. The molecule has 0 atom stereocenters. The molecule has 0 bridgehead atoms. The summed E-state index contributed by atoms with van der Waals surface area (Å²) in [5, 5.41) is 8.47. The molecule has 0 aliphatic heterocycles. The molecule has 4 rings (SSSR count). The number of benzene rings is 1. The van der Waals surface area contributed by atoms with Crippen molar-refractivity contribution in [2.75, 3.05) is 5.32 Å². The van der Waals surface area contributed by atoms with Crippen molar-refractivity contribution >= 4 is 33.3 Å². The van der Waals surface area contributed by atoms with E-state index in [1.165, 1.54) is 0 Å². The van der Waals surface area contributed by atoms with E-state index in [4.69, 9.17) is 0 Å². The van der Waals surface area contributed by atoms with Crippen LogP contribution in [-0.4, -0.2) is 20.7 Å². The minimum atomic E-state index is 0.0811. The molecule has 1 N–H and O–H groups in total. The molecule has 28 heavy (non-hydrogen) atoms. The van der Waals surface area contributed by atoms with Crippen LogP contribution in [0.2, 0.25) is 0 Å². The summed E-state index contributed by atoms with van der Waals surface area (Å²) in [7, 11) is 0. The molecule has 6 heteroatoms. The molecule has 1 aliphatic carbocycles. The first-order valence-electron chi connectivity index (χ1n) is 10.0. The highest BCUT2D eigenvalue weighted by Crippen LogP contribution is 2.40. The smallest absolute Gasteiger partial charge is 0.228 e. The first-order valence-corrected chi connectivity index (χ1v) is 10.9. The average molecular weight is 397 g/mol. The number of rotatable bonds is 3. The molecule has 2 heterocycles. The van der Waals surface area contributed by atoms with E-state index < -0.39 is 0 Å². The molecule has 0 unspecified atom stereocenters. The van der Waals surface area contributed by atoms with Crippen LogP contribution in [0.1, 0.15) is 52.1 Å². The zero-order valence-electron chi connectivity index (χ0n) is 17.0. The summed E-state index contributed by atoms with van der Waals surface area (Å²) >= 11 is 1.58. The topological polar surface area (TPSA) is 59.8 Å². The number of aromatic nitrogens is 3. The Labute approximate surface area is 170 Å². The van der Waals surface area contributed by atoms with Gasteiger partial charge in [0.2, 0.25) is 11.0 Å². The first kappa shape index (κ1) is 19.1. The molecule has 5 nitrogen and oxygen atoms in total. The lowest BCUT2D eigenvalue weighted by atomic mass is 9.70. The molecule has 148 valence electrons. The molecule has 0 spiro atoms. The van der Waals surface area contributed by atoms with Crippen molar-refractivity contribution < 1.29 is 4.79 Å². The lowest BCUT2D eigenvalue weighted by Gasteiger charge is -2.36. The summed E-state index contributed by atoms with van der Waals surface area (Å²) in [5.74, 6) is 1.60. The second kappa shape index (κ2) is 7.32. The minimum Gasteiger partial charge on any atom is -0.310 e. The Morgan fingerprint density at radius 3 is 2.57 bits per heavy atom. The number of nitrogens with one attached hydrogen (secondary N) is 1. The van der Waals surface area contributed by atoms with E-state index in [2.05, 4.69) is 42.2 Å². The predicted octanol–water partition coefficient (Wildman–Crippen LogP) is 5.58. The molecular formula is C22H28N4OS. The molecule has 1 amide bonds. The lowest BCUT2D eigenvalue weighted by molar-refractivity contribution is -0.121. The second-order valence-electron chi connectivity index (χ2n) is 8.95. The maximum Gasteiger partial charge on any atom is 0.228 e. The van der Waals surface area contributed by atoms with Crippen LogP contribution in [0.4, 0.5) is 5.82 Å². The molecule has 1 aliphatic rings. The van der Waals surface area contributed by atoms with Gasteiger partial charge in [-0.1, -0.05) is 44.2 Å². The van der Waals surface area contributed by atoms with Crippen LogP contribution >= 0.6 is 11.3 Å². The lowest BCUT2D eigenvalue weighted by Crippen LogP contribution is -2.31. The molecule has 2 aromatic heterocycles. The van der Waals surface area contributed by atoms with Crippen molar-refractivity contribution in [2.45, 2.75) is 53.4 Å². The number of nitrogens with zero attached hydrogens (tertiary/aromatic N) is 3. The SMILES string of the molecule is Cc1cc(NC(=O)C2CCC(C(C)(C)C)CC2)n(-c2nc3ccccc3s2)n1. The van der Waals surface area contributed by atoms with Gasteiger partial charge >= 0.3 is 0 Å². The van der Waals surface area contributed by atoms with Crippen molar-refractivity contribution in [3.63, 3.8) is 0 Å². The molecule has 0 radical (unpaired) electrons. The number of aryl methyl sites for hydroxylation is 1. The molecular weight excluding hydrogens is 368 g/mol. The summed E-state index contributed by atoms with van der Waals surface area (Å²) < 4.78 is 2.88. The summed E-state index contributed by atoms with van der Waals surface area (Å²) in [5.41, 5.74) is 2.14. The third kappa shape index (κ3) is 3.83. The second-order valence-corrected chi connectivity index (χ2v) is 9.96. The van der Waals surface area contributed by atoms with Crippen molar-refractivity contribution in [3.8, 4) is 5.13 Å². The maximum atomic E-state index is 12.9. The van der Waals surface area contributed by atoms with E-state index in [0.29, 0.717) is 17.2 Å². The fourth-order valence-corrected chi connectivity index (χ4v) is 5.07. The van der Waals surface area contributed by atoms with Crippen LogP contribution in [0, 0.1) is 24.2 Å². The van der Waals surface area contributed by atoms with Crippen LogP contribution in [0.15, 0.2) is 30.3 Å². The number of hydrogen-bond donors (Lipinski definition) is 1. The van der Waals surface area contributed by atoms with Gasteiger partial charge < -0.3 is 5.32 Å². The molecule has 1 fully saturated rings. The van der Waals surface area contributed by atoms with E-state index in [1.54, 1.807) is 16.0 Å². The highest BCUT2D eigenvalue weighted by atomic mass is 32.1. The largest absolute Gasteiger partial charge is 0.310 e. The van der Waals surface area contributed by atoms with Gasteiger partial charge in [-0.3, -0.25) is 4.79 Å². The maximum absolute atomic E-state index is 12.9. The van der Waals surface area contributed by atoms with Crippen molar-refractivity contribution in [1.29, 1.82) is 0 Å². The van der Waals surface area contributed by atoms with Gasteiger partial charge in [-0.05, 0) is 56.1 Å². The van der Waals surface area contributed by atoms with E-state index in [1.807, 2.05) is 31.2 Å². The average Bonchev–Trinajstić information content (AvgIpc) is 3.24. The summed E-state index contributed by atoms with van der Waals surface area (Å²) in [6.07, 6.45) is 4.17. The number of amides is 1. The molecule has 3 aromatic rings. The van der Waals surface area contributed by atoms with Gasteiger partial charge in [0.25, 0.3) is 0 Å². The number of anilines is 1. The Hall–Kier alpha value is -2.21. The monoisotopic (exact) mass is 396 g/mol. The highest BCUT2D eigenvalue weighted by Gasteiger charge is 2.32. The number of thiazole rings is 1. The van der Waals surface area contributed by atoms with Crippen LogP contribution in [0.5, 0.6) is 0 Å². The number of fused-ring (bicyclic) bond motifs is 1. The van der Waals surface area contributed by atoms with Gasteiger partial charge in [0.05, 0.1) is 15.9 Å². The van der Waals surface area contributed by atoms with E-state index in [-0.39, 0.29) is 11.8 Å². The molecule has 1 aromatic carbocycles. The normalized spacial score (nSPS) is 20.4. The quantitative estimate of drug-likeness (QED) is 0.628. The highest BCUT2D eigenvalue weighted by molar-refractivity contribution is 7.20. The third-order valence-corrected chi connectivity index (χ3v) is 6.88. The van der Waals surface area contributed by atoms with Gasteiger partial charge in [0, 0.05) is 12.0 Å². The Morgan fingerprint density at radius 1 is 1.18 bits per heavy atom. The summed E-state index contributed by atoms with van der Waals surface area (Å²) in [4.78, 5) is 17.6.